The molecule has 2 unspecified atom stereocenters. The van der Waals surface area contributed by atoms with Gasteiger partial charge in [-0.05, 0) is 19.8 Å². The topological polar surface area (TPSA) is 32.8 Å². The van der Waals surface area contributed by atoms with Crippen LogP contribution in [0.3, 0.4) is 0 Å². The van der Waals surface area contributed by atoms with Crippen LogP contribution in [0.4, 0.5) is 0 Å². The van der Waals surface area contributed by atoms with E-state index in [0.717, 1.165) is 12.8 Å². The second-order valence-electron chi connectivity index (χ2n) is 2.88. The third kappa shape index (κ3) is 0.361. The lowest BCUT2D eigenvalue weighted by Crippen LogP contribution is -2.22. The van der Waals surface area contributed by atoms with Gasteiger partial charge in [-0.25, -0.2) is 0 Å². The Morgan fingerprint density at radius 2 is 2.38 bits per heavy atom. The fourth-order valence-corrected chi connectivity index (χ4v) is 1.51. The van der Waals surface area contributed by atoms with Crippen molar-refractivity contribution < 1.29 is 9.84 Å². The maximum atomic E-state index is 9.17. The molecule has 3 atom stereocenters. The zero-order valence-electron chi connectivity index (χ0n) is 4.92. The summed E-state index contributed by atoms with van der Waals surface area (Å²) in [7, 11) is 0. The Labute approximate surface area is 48.5 Å². The van der Waals surface area contributed by atoms with Gasteiger partial charge in [0, 0.05) is 0 Å². The van der Waals surface area contributed by atoms with Crippen LogP contribution in [-0.2, 0) is 4.74 Å². The summed E-state index contributed by atoms with van der Waals surface area (Å²) in [6.07, 6.45) is 2.18. The summed E-state index contributed by atoms with van der Waals surface area (Å²) in [6, 6.07) is 0. The molecule has 2 fully saturated rings. The highest BCUT2D eigenvalue weighted by Gasteiger charge is 2.61. The Hall–Kier alpha value is -0.0800. The molecule has 2 aliphatic rings. The lowest BCUT2D eigenvalue weighted by molar-refractivity contribution is 0.0744. The number of ether oxygens (including phenoxy) is 1. The van der Waals surface area contributed by atoms with Gasteiger partial charge < -0.3 is 9.84 Å². The smallest absolute Gasteiger partial charge is 0.118 e. The van der Waals surface area contributed by atoms with Gasteiger partial charge in [0.2, 0.25) is 0 Å². The standard InChI is InChI=1S/C6H10O2/c1-6-4(7)2-3-5(6)8-6/h4-5,7H,2-3H2,1H3/t4?,5-,6?/m0/s1. The zero-order valence-corrected chi connectivity index (χ0v) is 4.92. The summed E-state index contributed by atoms with van der Waals surface area (Å²) in [6.45, 7) is 1.98. The van der Waals surface area contributed by atoms with Gasteiger partial charge in [0.25, 0.3) is 0 Å². The van der Waals surface area contributed by atoms with E-state index in [-0.39, 0.29) is 11.7 Å². The molecule has 1 heterocycles. The first-order chi connectivity index (χ1) is 3.73. The Morgan fingerprint density at radius 3 is 2.50 bits per heavy atom. The molecule has 0 bridgehead atoms. The molecule has 2 rings (SSSR count). The first kappa shape index (κ1) is 4.77. The van der Waals surface area contributed by atoms with E-state index in [9.17, 15) is 5.11 Å². The molecule has 0 aromatic rings. The lowest BCUT2D eigenvalue weighted by Gasteiger charge is -2.06. The zero-order chi connectivity index (χ0) is 5.78. The van der Waals surface area contributed by atoms with Crippen molar-refractivity contribution >= 4 is 0 Å². The highest BCUT2D eigenvalue weighted by molar-refractivity contribution is 5.09. The predicted molar refractivity (Wildman–Crippen MR) is 28.5 cm³/mol. The minimum atomic E-state index is -0.188. The molecule has 0 amide bonds. The van der Waals surface area contributed by atoms with Crippen molar-refractivity contribution in [2.45, 2.75) is 37.6 Å². The molecule has 0 aromatic carbocycles. The first-order valence-corrected chi connectivity index (χ1v) is 3.09. The second kappa shape index (κ2) is 1.09. The molecule has 1 N–H and O–H groups in total. The molecular formula is C6H10O2. The third-order valence-electron chi connectivity index (χ3n) is 2.34. The Balaban J connectivity index is 2.19. The summed E-state index contributed by atoms with van der Waals surface area (Å²) in [5.41, 5.74) is -0.125. The summed E-state index contributed by atoms with van der Waals surface area (Å²) in [5.74, 6) is 0. The van der Waals surface area contributed by atoms with Gasteiger partial charge >= 0.3 is 0 Å². The molecule has 46 valence electrons. The van der Waals surface area contributed by atoms with Gasteiger partial charge in [-0.15, -0.1) is 0 Å². The van der Waals surface area contributed by atoms with Gasteiger partial charge in [0.15, 0.2) is 0 Å². The van der Waals surface area contributed by atoms with E-state index in [4.69, 9.17) is 4.74 Å². The normalized spacial score (nSPS) is 60.8. The number of aliphatic hydroxyl groups is 1. The maximum absolute atomic E-state index is 9.17. The Bertz CT molecular complexity index is 122. The average molecular weight is 114 g/mol. The molecule has 2 nitrogen and oxygen atoms in total. The molecule has 1 aliphatic carbocycles. The monoisotopic (exact) mass is 114 g/mol. The number of hydrogen-bond donors (Lipinski definition) is 1. The summed E-state index contributed by atoms with van der Waals surface area (Å²) >= 11 is 0. The summed E-state index contributed by atoms with van der Waals surface area (Å²) in [5, 5.41) is 9.17. The maximum Gasteiger partial charge on any atom is 0.118 e. The summed E-state index contributed by atoms with van der Waals surface area (Å²) < 4.78 is 5.20. The van der Waals surface area contributed by atoms with Crippen LogP contribution in [0.5, 0.6) is 0 Å². The fraction of sp³-hybridized carbons (Fsp3) is 1.00. The number of fused-ring (bicyclic) bond motifs is 1. The molecule has 1 saturated heterocycles. The van der Waals surface area contributed by atoms with Crippen molar-refractivity contribution in [1.82, 2.24) is 0 Å². The van der Waals surface area contributed by atoms with Gasteiger partial charge in [-0.2, -0.15) is 0 Å². The van der Waals surface area contributed by atoms with E-state index in [1.807, 2.05) is 6.92 Å². The molecule has 0 aromatic heterocycles. The van der Waals surface area contributed by atoms with Crippen LogP contribution in [0.2, 0.25) is 0 Å². The predicted octanol–water partition coefficient (Wildman–Crippen LogP) is 0.299. The van der Waals surface area contributed by atoms with Crippen LogP contribution in [0.1, 0.15) is 19.8 Å². The molecule has 0 spiro atoms. The average Bonchev–Trinajstić information content (AvgIpc) is 2.31. The molecule has 1 saturated carbocycles. The SMILES string of the molecule is CC12O[C@H]1CCC2O. The molecule has 8 heavy (non-hydrogen) atoms. The van der Waals surface area contributed by atoms with E-state index in [1.54, 1.807) is 0 Å². The van der Waals surface area contributed by atoms with Crippen LogP contribution in [0.15, 0.2) is 0 Å². The van der Waals surface area contributed by atoms with Crippen LogP contribution in [-0.4, -0.2) is 22.9 Å². The van der Waals surface area contributed by atoms with E-state index in [0.29, 0.717) is 6.10 Å². The fourth-order valence-electron chi connectivity index (χ4n) is 1.51. The minimum Gasteiger partial charge on any atom is -0.390 e. The van der Waals surface area contributed by atoms with Gasteiger partial charge in [-0.3, -0.25) is 0 Å². The lowest BCUT2D eigenvalue weighted by atomic mass is 10.1. The van der Waals surface area contributed by atoms with E-state index in [2.05, 4.69) is 0 Å². The Kier molecular flexibility index (Phi) is 0.649. The van der Waals surface area contributed by atoms with Crippen molar-refractivity contribution in [1.29, 1.82) is 0 Å². The third-order valence-corrected chi connectivity index (χ3v) is 2.34. The van der Waals surface area contributed by atoms with Gasteiger partial charge in [0.1, 0.15) is 5.60 Å². The molecule has 0 radical (unpaired) electrons. The largest absolute Gasteiger partial charge is 0.390 e. The van der Waals surface area contributed by atoms with Crippen molar-refractivity contribution in [2.24, 2.45) is 0 Å². The van der Waals surface area contributed by atoms with Crippen molar-refractivity contribution in [3.8, 4) is 0 Å². The van der Waals surface area contributed by atoms with Crippen molar-refractivity contribution in [3.05, 3.63) is 0 Å². The molecular weight excluding hydrogens is 104 g/mol. The van der Waals surface area contributed by atoms with Crippen LogP contribution < -0.4 is 0 Å². The highest BCUT2D eigenvalue weighted by Crippen LogP contribution is 2.49. The molecule has 2 heteroatoms. The first-order valence-electron chi connectivity index (χ1n) is 3.09. The second-order valence-corrected chi connectivity index (χ2v) is 2.88. The highest BCUT2D eigenvalue weighted by atomic mass is 16.6. The number of rotatable bonds is 0. The van der Waals surface area contributed by atoms with Crippen LogP contribution in [0.25, 0.3) is 0 Å². The molecule has 1 aliphatic heterocycles. The quantitative estimate of drug-likeness (QED) is 0.459. The van der Waals surface area contributed by atoms with Gasteiger partial charge in [-0.1, -0.05) is 0 Å². The van der Waals surface area contributed by atoms with E-state index >= 15 is 0 Å². The minimum absolute atomic E-state index is 0.125. The summed E-state index contributed by atoms with van der Waals surface area (Å²) in [4.78, 5) is 0. The number of hydrogen-bond acceptors (Lipinski definition) is 2. The number of aliphatic hydroxyl groups excluding tert-OH is 1. The van der Waals surface area contributed by atoms with Crippen molar-refractivity contribution in [2.75, 3.05) is 0 Å². The van der Waals surface area contributed by atoms with Crippen LogP contribution in [0, 0.1) is 0 Å². The van der Waals surface area contributed by atoms with E-state index < -0.39 is 0 Å². The van der Waals surface area contributed by atoms with Crippen LogP contribution >= 0.6 is 0 Å². The number of epoxide rings is 1. The van der Waals surface area contributed by atoms with Gasteiger partial charge in [0.05, 0.1) is 12.2 Å². The van der Waals surface area contributed by atoms with Crippen molar-refractivity contribution in [3.63, 3.8) is 0 Å². The Morgan fingerprint density at radius 1 is 1.62 bits per heavy atom. The van der Waals surface area contributed by atoms with E-state index in [1.165, 1.54) is 0 Å².